The number of hydrogen-bond acceptors (Lipinski definition) is 5. The van der Waals surface area contributed by atoms with Crippen LogP contribution in [0, 0.1) is 0 Å². The Bertz CT molecular complexity index is 940. The van der Waals surface area contributed by atoms with E-state index >= 15 is 0 Å². The number of thiophene rings is 1. The third-order valence-electron chi connectivity index (χ3n) is 5.27. The Morgan fingerprint density at radius 3 is 2.33 bits per heavy atom. The molecule has 1 N–H and O–H groups in total. The molecule has 0 aliphatic carbocycles. The average Bonchev–Trinajstić information content (AvgIpc) is 3.23. The second-order valence-electron chi connectivity index (χ2n) is 8.69. The molecule has 1 aliphatic rings. The van der Waals surface area contributed by atoms with E-state index in [2.05, 4.69) is 25.5 Å². The molecule has 0 bridgehead atoms. The molecular formula is C22H30N2O4S2. The van der Waals surface area contributed by atoms with Crippen molar-refractivity contribution in [3.05, 3.63) is 47.3 Å². The van der Waals surface area contributed by atoms with Crippen molar-refractivity contribution in [1.82, 2.24) is 9.62 Å². The summed E-state index contributed by atoms with van der Waals surface area (Å²) in [5.41, 5.74) is 1.27. The molecule has 1 aromatic heterocycles. The van der Waals surface area contributed by atoms with Gasteiger partial charge in [-0.2, -0.15) is 0 Å². The molecule has 2 aromatic rings. The third kappa shape index (κ3) is 5.62. The molecule has 3 rings (SSSR count). The number of ether oxygens (including phenoxy) is 1. The lowest BCUT2D eigenvalue weighted by atomic mass is 9.87. The highest BCUT2D eigenvalue weighted by atomic mass is 32.2. The second kappa shape index (κ2) is 9.08. The minimum atomic E-state index is -3.49. The van der Waals surface area contributed by atoms with Crippen LogP contribution in [-0.4, -0.2) is 44.5 Å². The van der Waals surface area contributed by atoms with E-state index in [0.29, 0.717) is 35.9 Å². The summed E-state index contributed by atoms with van der Waals surface area (Å²) < 4.78 is 33.7. The van der Waals surface area contributed by atoms with Crippen LogP contribution in [0.15, 0.2) is 46.0 Å². The summed E-state index contributed by atoms with van der Waals surface area (Å²) in [6, 6.07) is 11.0. The van der Waals surface area contributed by atoms with E-state index in [0.717, 1.165) is 0 Å². The number of carbonyl (C=O) groups excluding carboxylic acids is 1. The van der Waals surface area contributed by atoms with Gasteiger partial charge in [0.25, 0.3) is 5.91 Å². The van der Waals surface area contributed by atoms with E-state index in [9.17, 15) is 13.2 Å². The molecule has 2 heterocycles. The smallest absolute Gasteiger partial charge is 0.263 e. The molecule has 1 unspecified atom stereocenters. The highest BCUT2D eigenvalue weighted by Gasteiger charge is 2.29. The van der Waals surface area contributed by atoms with Gasteiger partial charge in [-0.1, -0.05) is 39.0 Å². The summed E-state index contributed by atoms with van der Waals surface area (Å²) in [5, 5.41) is 1.74. The SMILES string of the molecule is CC(Oc1ccc(C(C)(C)C)cc1)C(=O)N1CCC(NS(=O)(=O)c2cccs2)CC1. The van der Waals surface area contributed by atoms with Crippen LogP contribution in [0.3, 0.4) is 0 Å². The van der Waals surface area contributed by atoms with Crippen LogP contribution in [0.4, 0.5) is 0 Å². The molecule has 0 spiro atoms. The van der Waals surface area contributed by atoms with Gasteiger partial charge in [-0.25, -0.2) is 13.1 Å². The molecule has 1 atom stereocenters. The summed E-state index contributed by atoms with van der Waals surface area (Å²) in [7, 11) is -3.49. The molecule has 8 heteroatoms. The molecule has 1 saturated heterocycles. The fraction of sp³-hybridized carbons (Fsp3) is 0.500. The van der Waals surface area contributed by atoms with E-state index in [-0.39, 0.29) is 17.4 Å². The van der Waals surface area contributed by atoms with Crippen molar-refractivity contribution in [2.24, 2.45) is 0 Å². The predicted octanol–water partition coefficient (Wildman–Crippen LogP) is 3.78. The van der Waals surface area contributed by atoms with E-state index < -0.39 is 16.1 Å². The predicted molar refractivity (Wildman–Crippen MR) is 119 cm³/mol. The van der Waals surface area contributed by atoms with Gasteiger partial charge >= 0.3 is 0 Å². The van der Waals surface area contributed by atoms with Crippen LogP contribution in [0.5, 0.6) is 5.75 Å². The van der Waals surface area contributed by atoms with Crippen molar-refractivity contribution in [2.75, 3.05) is 13.1 Å². The number of nitrogens with zero attached hydrogens (tertiary/aromatic N) is 1. The number of sulfonamides is 1. The Labute approximate surface area is 183 Å². The number of amides is 1. The first kappa shape index (κ1) is 22.8. The molecule has 30 heavy (non-hydrogen) atoms. The van der Waals surface area contributed by atoms with Crippen molar-refractivity contribution < 1.29 is 17.9 Å². The van der Waals surface area contributed by atoms with Gasteiger partial charge in [0.05, 0.1) is 0 Å². The van der Waals surface area contributed by atoms with Gasteiger partial charge in [0.2, 0.25) is 10.0 Å². The standard InChI is InChI=1S/C22H30N2O4S2/c1-16(28-19-9-7-17(8-10-19)22(2,3)4)21(25)24-13-11-18(12-14-24)23-30(26,27)20-6-5-15-29-20/h5-10,15-16,18,23H,11-14H2,1-4H3. The van der Waals surface area contributed by atoms with Crippen LogP contribution >= 0.6 is 11.3 Å². The van der Waals surface area contributed by atoms with Crippen LogP contribution in [0.25, 0.3) is 0 Å². The third-order valence-corrected chi connectivity index (χ3v) is 8.19. The largest absolute Gasteiger partial charge is 0.481 e. The molecule has 1 amide bonds. The quantitative estimate of drug-likeness (QED) is 0.727. The number of carbonyl (C=O) groups is 1. The second-order valence-corrected chi connectivity index (χ2v) is 11.6. The molecule has 164 valence electrons. The molecule has 0 saturated carbocycles. The lowest BCUT2D eigenvalue weighted by Crippen LogP contribution is -2.49. The van der Waals surface area contributed by atoms with E-state index in [1.807, 2.05) is 24.3 Å². The number of hydrogen-bond donors (Lipinski definition) is 1. The van der Waals surface area contributed by atoms with Crippen LogP contribution in [-0.2, 0) is 20.2 Å². The lowest BCUT2D eigenvalue weighted by molar-refractivity contribution is -0.139. The topological polar surface area (TPSA) is 75.7 Å². The Kier molecular flexibility index (Phi) is 6.89. The van der Waals surface area contributed by atoms with Crippen LogP contribution < -0.4 is 9.46 Å². The minimum Gasteiger partial charge on any atom is -0.481 e. The lowest BCUT2D eigenvalue weighted by Gasteiger charge is -2.33. The maximum atomic E-state index is 12.8. The Morgan fingerprint density at radius 2 is 1.80 bits per heavy atom. The zero-order valence-corrected chi connectivity index (χ0v) is 19.6. The van der Waals surface area contributed by atoms with E-state index in [4.69, 9.17) is 4.74 Å². The summed E-state index contributed by atoms with van der Waals surface area (Å²) >= 11 is 1.20. The molecule has 1 aliphatic heterocycles. The summed E-state index contributed by atoms with van der Waals surface area (Å²) in [5.74, 6) is 0.594. The van der Waals surface area contributed by atoms with E-state index in [1.54, 1.807) is 29.3 Å². The number of likely N-dealkylation sites (tertiary alicyclic amines) is 1. The number of benzene rings is 1. The van der Waals surface area contributed by atoms with Gasteiger partial charge < -0.3 is 9.64 Å². The zero-order valence-electron chi connectivity index (χ0n) is 17.9. The maximum Gasteiger partial charge on any atom is 0.263 e. The molecule has 0 radical (unpaired) electrons. The fourth-order valence-electron chi connectivity index (χ4n) is 3.46. The van der Waals surface area contributed by atoms with Gasteiger partial charge in [0, 0.05) is 19.1 Å². The van der Waals surface area contributed by atoms with Crippen molar-refractivity contribution in [1.29, 1.82) is 0 Å². The first-order valence-corrected chi connectivity index (χ1v) is 12.5. The van der Waals surface area contributed by atoms with Crippen LogP contribution in [0.1, 0.15) is 46.1 Å². The Hall–Kier alpha value is -1.90. The molecule has 1 aromatic carbocycles. The highest BCUT2D eigenvalue weighted by molar-refractivity contribution is 7.91. The van der Waals surface area contributed by atoms with Crippen molar-refractivity contribution in [3.63, 3.8) is 0 Å². The van der Waals surface area contributed by atoms with Crippen molar-refractivity contribution in [3.8, 4) is 5.75 Å². The van der Waals surface area contributed by atoms with Crippen LogP contribution in [0.2, 0.25) is 0 Å². The first-order valence-electron chi connectivity index (χ1n) is 10.2. The van der Waals surface area contributed by atoms with Gasteiger partial charge in [-0.05, 0) is 54.3 Å². The number of rotatable bonds is 6. The minimum absolute atomic E-state index is 0.0648. The summed E-state index contributed by atoms with van der Waals surface area (Å²) in [4.78, 5) is 14.5. The molecular weight excluding hydrogens is 420 g/mol. The number of nitrogens with one attached hydrogen (secondary N) is 1. The number of piperidine rings is 1. The fourth-order valence-corrected chi connectivity index (χ4v) is 5.77. The summed E-state index contributed by atoms with van der Waals surface area (Å²) in [6.45, 7) is 9.23. The Morgan fingerprint density at radius 1 is 1.17 bits per heavy atom. The van der Waals surface area contributed by atoms with Crippen molar-refractivity contribution >= 4 is 27.3 Å². The normalized spacial score (nSPS) is 17.0. The van der Waals surface area contributed by atoms with Gasteiger partial charge in [-0.3, -0.25) is 4.79 Å². The first-order chi connectivity index (χ1) is 14.1. The average molecular weight is 451 g/mol. The van der Waals surface area contributed by atoms with E-state index in [1.165, 1.54) is 16.9 Å². The van der Waals surface area contributed by atoms with Gasteiger partial charge in [-0.15, -0.1) is 11.3 Å². The van der Waals surface area contributed by atoms with Crippen molar-refractivity contribution in [2.45, 2.75) is 62.3 Å². The zero-order chi connectivity index (χ0) is 21.9. The highest BCUT2D eigenvalue weighted by Crippen LogP contribution is 2.25. The molecule has 6 nitrogen and oxygen atoms in total. The monoisotopic (exact) mass is 450 g/mol. The molecule has 1 fully saturated rings. The van der Waals surface area contributed by atoms with Gasteiger partial charge in [0.15, 0.2) is 6.10 Å². The van der Waals surface area contributed by atoms with Gasteiger partial charge in [0.1, 0.15) is 9.96 Å². The summed E-state index contributed by atoms with van der Waals surface area (Å²) in [6.07, 6.45) is 0.581. The maximum absolute atomic E-state index is 12.8. The Balaban J connectivity index is 1.51.